The molecule has 0 fully saturated rings. The van der Waals surface area contributed by atoms with Crippen LogP contribution in [0.1, 0.15) is 37.6 Å². The molecule has 0 saturated heterocycles. The minimum atomic E-state index is -0.105. The fourth-order valence-corrected chi connectivity index (χ4v) is 4.76. The lowest BCUT2D eigenvalue weighted by Gasteiger charge is -2.14. The molecule has 2 heterocycles. The number of benzene rings is 2. The van der Waals surface area contributed by atoms with Gasteiger partial charge in [0.1, 0.15) is 0 Å². The molecular formula is C24H23Cl2N3OS. The van der Waals surface area contributed by atoms with Crippen molar-refractivity contribution >= 4 is 56.5 Å². The number of amides is 1. The molecule has 160 valence electrons. The molecule has 4 rings (SSSR count). The van der Waals surface area contributed by atoms with Gasteiger partial charge in [-0.3, -0.25) is 4.79 Å². The number of carbonyl (C=O) groups excluding carboxylic acids is 1. The number of hydrogen-bond acceptors (Lipinski definition) is 3. The van der Waals surface area contributed by atoms with Gasteiger partial charge in [0.05, 0.1) is 12.1 Å². The van der Waals surface area contributed by atoms with Crippen molar-refractivity contribution in [3.63, 3.8) is 0 Å². The molecular weight excluding hydrogens is 449 g/mol. The zero-order chi connectivity index (χ0) is 22.2. The number of hydrogen-bond donors (Lipinski definition) is 1. The van der Waals surface area contributed by atoms with E-state index in [0.717, 1.165) is 32.7 Å². The second-order valence-electron chi connectivity index (χ2n) is 8.55. The van der Waals surface area contributed by atoms with Crippen molar-refractivity contribution in [2.75, 3.05) is 5.32 Å². The van der Waals surface area contributed by atoms with Gasteiger partial charge in [-0.05, 0) is 35.4 Å². The largest absolute Gasteiger partial charge is 0.343 e. The lowest BCUT2D eigenvalue weighted by Crippen LogP contribution is -2.15. The van der Waals surface area contributed by atoms with Gasteiger partial charge < -0.3 is 9.88 Å². The van der Waals surface area contributed by atoms with E-state index in [0.29, 0.717) is 16.7 Å². The van der Waals surface area contributed by atoms with Crippen molar-refractivity contribution in [3.8, 4) is 0 Å². The van der Waals surface area contributed by atoms with Crippen molar-refractivity contribution in [1.82, 2.24) is 9.55 Å². The topological polar surface area (TPSA) is 46.9 Å². The number of aromatic nitrogens is 2. The molecule has 0 atom stereocenters. The summed E-state index contributed by atoms with van der Waals surface area (Å²) < 4.78 is 2.11. The molecule has 2 aromatic carbocycles. The molecule has 1 amide bonds. The van der Waals surface area contributed by atoms with Crippen LogP contribution < -0.4 is 5.32 Å². The normalized spacial score (nSPS) is 11.8. The first kappa shape index (κ1) is 21.9. The first-order valence-electron chi connectivity index (χ1n) is 9.97. The Morgan fingerprint density at radius 2 is 1.90 bits per heavy atom. The number of anilines is 1. The van der Waals surface area contributed by atoms with E-state index in [1.807, 2.05) is 54.0 Å². The Labute approximate surface area is 195 Å². The van der Waals surface area contributed by atoms with Crippen LogP contribution in [0.25, 0.3) is 10.9 Å². The summed E-state index contributed by atoms with van der Waals surface area (Å²) in [7, 11) is 0. The zero-order valence-corrected chi connectivity index (χ0v) is 19.9. The maximum absolute atomic E-state index is 12.8. The second-order valence-corrected chi connectivity index (χ2v) is 10.2. The van der Waals surface area contributed by atoms with Crippen LogP contribution >= 0.6 is 34.5 Å². The van der Waals surface area contributed by atoms with Crippen molar-refractivity contribution < 1.29 is 4.79 Å². The van der Waals surface area contributed by atoms with Gasteiger partial charge >= 0.3 is 0 Å². The number of nitrogens with one attached hydrogen (secondary N) is 1. The molecule has 2 aromatic heterocycles. The quantitative estimate of drug-likeness (QED) is 0.342. The van der Waals surface area contributed by atoms with Crippen molar-refractivity contribution in [3.05, 3.63) is 80.9 Å². The average molecular weight is 472 g/mol. The fraction of sp³-hybridized carbons (Fsp3) is 0.250. The Kier molecular flexibility index (Phi) is 6.11. The average Bonchev–Trinajstić information content (AvgIpc) is 3.29. The van der Waals surface area contributed by atoms with Gasteiger partial charge in [-0.25, -0.2) is 4.98 Å². The molecule has 0 radical (unpaired) electrons. The van der Waals surface area contributed by atoms with Gasteiger partial charge in [-0.2, -0.15) is 0 Å². The van der Waals surface area contributed by atoms with Gasteiger partial charge in [0.2, 0.25) is 5.91 Å². The molecule has 0 aliphatic carbocycles. The van der Waals surface area contributed by atoms with Crippen molar-refractivity contribution in [1.29, 1.82) is 0 Å². The highest BCUT2D eigenvalue weighted by atomic mass is 35.5. The monoisotopic (exact) mass is 471 g/mol. The van der Waals surface area contributed by atoms with E-state index in [1.165, 1.54) is 11.3 Å². The lowest BCUT2D eigenvalue weighted by atomic mass is 9.93. The van der Waals surface area contributed by atoms with Gasteiger partial charge in [-0.15, -0.1) is 11.3 Å². The number of nitrogens with zero attached hydrogens (tertiary/aromatic N) is 2. The number of rotatable bonds is 5. The van der Waals surface area contributed by atoms with Crippen LogP contribution in [0.15, 0.2) is 54.0 Å². The minimum Gasteiger partial charge on any atom is -0.343 e. The maximum Gasteiger partial charge on any atom is 0.230 e. The third-order valence-electron chi connectivity index (χ3n) is 5.09. The molecule has 0 aliphatic rings. The van der Waals surface area contributed by atoms with E-state index in [1.54, 1.807) is 0 Å². The SMILES string of the molecule is CC(C)(C)c1csc(NC(=O)Cc2cn(Cc3ccccc3Cl)c3ccc(Cl)cc23)n1. The van der Waals surface area contributed by atoms with Gasteiger partial charge in [0.25, 0.3) is 0 Å². The van der Waals surface area contributed by atoms with Crippen LogP contribution in [0.5, 0.6) is 0 Å². The highest BCUT2D eigenvalue weighted by Gasteiger charge is 2.19. The smallest absolute Gasteiger partial charge is 0.230 e. The zero-order valence-electron chi connectivity index (χ0n) is 17.6. The maximum atomic E-state index is 12.8. The summed E-state index contributed by atoms with van der Waals surface area (Å²) in [5.41, 5.74) is 3.86. The van der Waals surface area contributed by atoms with Crippen LogP contribution in [-0.4, -0.2) is 15.5 Å². The summed E-state index contributed by atoms with van der Waals surface area (Å²) in [4.78, 5) is 17.3. The summed E-state index contributed by atoms with van der Waals surface area (Å²) in [5.74, 6) is -0.105. The summed E-state index contributed by atoms with van der Waals surface area (Å²) in [5, 5.41) is 7.86. The van der Waals surface area contributed by atoms with E-state index in [2.05, 4.69) is 35.6 Å². The summed E-state index contributed by atoms with van der Waals surface area (Å²) in [6.45, 7) is 6.92. The number of carbonyl (C=O) groups is 1. The molecule has 0 unspecified atom stereocenters. The van der Waals surface area contributed by atoms with Crippen molar-refractivity contribution in [2.45, 2.75) is 39.2 Å². The summed E-state index contributed by atoms with van der Waals surface area (Å²) in [6, 6.07) is 13.5. The van der Waals surface area contributed by atoms with Crippen LogP contribution in [0, 0.1) is 0 Å². The Hall–Kier alpha value is -2.34. The van der Waals surface area contributed by atoms with E-state index in [9.17, 15) is 4.79 Å². The highest BCUT2D eigenvalue weighted by molar-refractivity contribution is 7.13. The first-order valence-corrected chi connectivity index (χ1v) is 11.6. The molecule has 4 nitrogen and oxygen atoms in total. The predicted molar refractivity (Wildman–Crippen MR) is 131 cm³/mol. The molecule has 1 N–H and O–H groups in total. The first-order chi connectivity index (χ1) is 14.7. The van der Waals surface area contributed by atoms with E-state index >= 15 is 0 Å². The predicted octanol–water partition coefficient (Wildman–Crippen LogP) is 6.93. The lowest BCUT2D eigenvalue weighted by molar-refractivity contribution is -0.115. The number of halogens is 2. The molecule has 0 bridgehead atoms. The summed E-state index contributed by atoms with van der Waals surface area (Å²) in [6.07, 6.45) is 2.24. The third kappa shape index (κ3) is 4.95. The molecule has 31 heavy (non-hydrogen) atoms. The standard InChI is InChI=1S/C24H23Cl2N3OS/c1-24(2,3)21-14-31-23(27-21)28-22(30)10-16-13-29(12-15-6-4-5-7-19(15)26)20-9-8-17(25)11-18(16)20/h4-9,11,13-14H,10,12H2,1-3H3,(H,27,28,30). The Bertz CT molecular complexity index is 1250. The molecule has 0 saturated carbocycles. The van der Waals surface area contributed by atoms with E-state index in [-0.39, 0.29) is 17.7 Å². The van der Waals surface area contributed by atoms with Crippen LogP contribution in [0.4, 0.5) is 5.13 Å². The number of thiazole rings is 1. The van der Waals surface area contributed by atoms with Gasteiger partial charge in [-0.1, -0.05) is 62.2 Å². The van der Waals surface area contributed by atoms with E-state index < -0.39 is 0 Å². The fourth-order valence-electron chi connectivity index (χ4n) is 3.44. The van der Waals surface area contributed by atoms with Crippen LogP contribution in [0.2, 0.25) is 10.0 Å². The Balaban J connectivity index is 1.60. The van der Waals surface area contributed by atoms with Crippen LogP contribution in [-0.2, 0) is 23.2 Å². The molecule has 0 aliphatic heterocycles. The van der Waals surface area contributed by atoms with Crippen molar-refractivity contribution in [2.24, 2.45) is 0 Å². The Morgan fingerprint density at radius 1 is 1.13 bits per heavy atom. The van der Waals surface area contributed by atoms with Gasteiger partial charge in [0.15, 0.2) is 5.13 Å². The second kappa shape index (κ2) is 8.65. The van der Waals surface area contributed by atoms with E-state index in [4.69, 9.17) is 23.2 Å². The highest BCUT2D eigenvalue weighted by Crippen LogP contribution is 2.29. The molecule has 0 spiro atoms. The third-order valence-corrected chi connectivity index (χ3v) is 6.46. The minimum absolute atomic E-state index is 0.0532. The molecule has 7 heteroatoms. The Morgan fingerprint density at radius 3 is 2.61 bits per heavy atom. The summed E-state index contributed by atoms with van der Waals surface area (Å²) >= 11 is 14.1. The van der Waals surface area contributed by atoms with Crippen LogP contribution in [0.3, 0.4) is 0 Å². The van der Waals surface area contributed by atoms with Gasteiger partial charge in [0, 0.05) is 44.5 Å². The number of fused-ring (bicyclic) bond motifs is 1. The molecule has 4 aromatic rings.